The van der Waals surface area contributed by atoms with Crippen LogP contribution in [0.3, 0.4) is 0 Å². The molecule has 0 radical (unpaired) electrons. The van der Waals surface area contributed by atoms with Crippen molar-refractivity contribution in [3.63, 3.8) is 0 Å². The predicted octanol–water partition coefficient (Wildman–Crippen LogP) is -0.957. The molecule has 0 aliphatic carbocycles. The lowest BCUT2D eigenvalue weighted by atomic mass is 10.1. The summed E-state index contributed by atoms with van der Waals surface area (Å²) in [6, 6.07) is 0.563. The third-order valence-corrected chi connectivity index (χ3v) is 4.03. The summed E-state index contributed by atoms with van der Waals surface area (Å²) in [5.74, 6) is 0.125. The van der Waals surface area contributed by atoms with Crippen LogP contribution in [0.2, 0.25) is 0 Å². The Labute approximate surface area is 112 Å². The number of nitrogens with two attached hydrogens (primary N) is 1. The Kier molecular flexibility index (Phi) is 3.48. The summed E-state index contributed by atoms with van der Waals surface area (Å²) in [5, 5.41) is 7.81. The molecule has 1 aromatic rings. The third kappa shape index (κ3) is 2.62. The Morgan fingerprint density at radius 1 is 1.42 bits per heavy atom. The molecule has 7 nitrogen and oxygen atoms in total. The van der Waals surface area contributed by atoms with Crippen LogP contribution in [0, 0.1) is 0 Å². The molecule has 104 valence electrons. The standard InChI is InChI=1S/C12H20N6O/c13-6-10-7-18(15-14-10)9-12(19)17-5-4-16-3-1-2-11(16)8-17/h7,11H,1-6,8-9,13H2. The molecular formula is C12H20N6O. The second kappa shape index (κ2) is 5.26. The van der Waals surface area contributed by atoms with Crippen LogP contribution in [-0.2, 0) is 17.9 Å². The lowest BCUT2D eigenvalue weighted by molar-refractivity contribution is -0.134. The van der Waals surface area contributed by atoms with Crippen LogP contribution in [0.4, 0.5) is 0 Å². The van der Waals surface area contributed by atoms with Crippen molar-refractivity contribution in [2.45, 2.75) is 32.0 Å². The van der Waals surface area contributed by atoms with Crippen molar-refractivity contribution in [1.29, 1.82) is 0 Å². The Hall–Kier alpha value is -1.47. The van der Waals surface area contributed by atoms with E-state index in [9.17, 15) is 4.79 Å². The Morgan fingerprint density at radius 2 is 2.32 bits per heavy atom. The van der Waals surface area contributed by atoms with Gasteiger partial charge in [0.2, 0.25) is 5.91 Å². The van der Waals surface area contributed by atoms with Gasteiger partial charge in [0.15, 0.2) is 0 Å². The van der Waals surface area contributed by atoms with E-state index in [1.807, 2.05) is 4.90 Å². The van der Waals surface area contributed by atoms with Gasteiger partial charge in [-0.15, -0.1) is 5.10 Å². The topological polar surface area (TPSA) is 80.3 Å². The highest BCUT2D eigenvalue weighted by molar-refractivity contribution is 5.76. The first-order valence-corrected chi connectivity index (χ1v) is 6.87. The highest BCUT2D eigenvalue weighted by atomic mass is 16.2. The number of aromatic nitrogens is 3. The van der Waals surface area contributed by atoms with E-state index < -0.39 is 0 Å². The first-order valence-electron chi connectivity index (χ1n) is 6.87. The van der Waals surface area contributed by atoms with E-state index in [0.29, 0.717) is 18.3 Å². The van der Waals surface area contributed by atoms with E-state index >= 15 is 0 Å². The molecule has 3 rings (SSSR count). The largest absolute Gasteiger partial charge is 0.338 e. The number of fused-ring (bicyclic) bond motifs is 1. The number of hydrogen-bond donors (Lipinski definition) is 1. The molecule has 7 heteroatoms. The van der Waals surface area contributed by atoms with Gasteiger partial charge in [0.1, 0.15) is 6.54 Å². The molecule has 2 fully saturated rings. The maximum absolute atomic E-state index is 12.2. The van der Waals surface area contributed by atoms with Crippen LogP contribution in [-0.4, -0.2) is 62.9 Å². The molecule has 1 aromatic heterocycles. The molecule has 0 aromatic carbocycles. The van der Waals surface area contributed by atoms with Crippen molar-refractivity contribution < 1.29 is 4.79 Å². The number of amides is 1. The number of rotatable bonds is 3. The van der Waals surface area contributed by atoms with Gasteiger partial charge in [-0.1, -0.05) is 5.21 Å². The minimum absolute atomic E-state index is 0.125. The average molecular weight is 264 g/mol. The van der Waals surface area contributed by atoms with Gasteiger partial charge in [-0.2, -0.15) is 0 Å². The summed E-state index contributed by atoms with van der Waals surface area (Å²) in [6.07, 6.45) is 4.21. The minimum Gasteiger partial charge on any atom is -0.338 e. The molecule has 2 saturated heterocycles. The number of piperazine rings is 1. The number of carbonyl (C=O) groups is 1. The Bertz CT molecular complexity index is 459. The molecule has 0 saturated carbocycles. The van der Waals surface area contributed by atoms with Gasteiger partial charge in [-0.25, -0.2) is 4.68 Å². The first kappa shape index (κ1) is 12.6. The van der Waals surface area contributed by atoms with Crippen LogP contribution < -0.4 is 5.73 Å². The SMILES string of the molecule is NCc1cn(CC(=O)N2CCN3CCCC3C2)nn1. The summed E-state index contributed by atoms with van der Waals surface area (Å²) in [4.78, 5) is 16.7. The summed E-state index contributed by atoms with van der Waals surface area (Å²) in [7, 11) is 0. The van der Waals surface area contributed by atoms with Gasteiger partial charge < -0.3 is 10.6 Å². The van der Waals surface area contributed by atoms with E-state index in [0.717, 1.165) is 19.6 Å². The molecule has 2 aliphatic heterocycles. The second-order valence-electron chi connectivity index (χ2n) is 5.28. The number of nitrogens with zero attached hydrogens (tertiary/aromatic N) is 5. The lowest BCUT2D eigenvalue weighted by Crippen LogP contribution is -2.52. The second-order valence-corrected chi connectivity index (χ2v) is 5.28. The van der Waals surface area contributed by atoms with Crippen molar-refractivity contribution in [1.82, 2.24) is 24.8 Å². The smallest absolute Gasteiger partial charge is 0.244 e. The molecule has 2 aliphatic rings. The number of hydrogen-bond acceptors (Lipinski definition) is 5. The zero-order chi connectivity index (χ0) is 13.2. The van der Waals surface area contributed by atoms with Crippen LogP contribution >= 0.6 is 0 Å². The van der Waals surface area contributed by atoms with Crippen LogP contribution in [0.15, 0.2) is 6.20 Å². The predicted molar refractivity (Wildman–Crippen MR) is 69.1 cm³/mol. The number of carbonyl (C=O) groups excluding carboxylic acids is 1. The van der Waals surface area contributed by atoms with E-state index in [1.54, 1.807) is 10.9 Å². The first-order chi connectivity index (χ1) is 9.26. The summed E-state index contributed by atoms with van der Waals surface area (Å²) in [5.41, 5.74) is 6.19. The van der Waals surface area contributed by atoms with E-state index in [4.69, 9.17) is 5.73 Å². The monoisotopic (exact) mass is 264 g/mol. The maximum atomic E-state index is 12.2. The van der Waals surface area contributed by atoms with Gasteiger partial charge >= 0.3 is 0 Å². The quantitative estimate of drug-likeness (QED) is 0.761. The van der Waals surface area contributed by atoms with Gasteiger partial charge in [0.05, 0.1) is 11.9 Å². The van der Waals surface area contributed by atoms with Crippen molar-refractivity contribution >= 4 is 5.91 Å². The van der Waals surface area contributed by atoms with E-state index in [1.165, 1.54) is 19.4 Å². The zero-order valence-corrected chi connectivity index (χ0v) is 11.0. The molecule has 1 unspecified atom stereocenters. The Morgan fingerprint density at radius 3 is 3.11 bits per heavy atom. The maximum Gasteiger partial charge on any atom is 0.244 e. The zero-order valence-electron chi connectivity index (χ0n) is 11.0. The highest BCUT2D eigenvalue weighted by Crippen LogP contribution is 2.21. The average Bonchev–Trinajstić information content (AvgIpc) is 3.05. The fourth-order valence-electron chi connectivity index (χ4n) is 2.97. The molecule has 19 heavy (non-hydrogen) atoms. The van der Waals surface area contributed by atoms with E-state index in [-0.39, 0.29) is 12.5 Å². The third-order valence-electron chi connectivity index (χ3n) is 4.03. The molecule has 1 amide bonds. The Balaban J connectivity index is 1.58. The van der Waals surface area contributed by atoms with Crippen molar-refractivity contribution in [3.8, 4) is 0 Å². The fraction of sp³-hybridized carbons (Fsp3) is 0.750. The highest BCUT2D eigenvalue weighted by Gasteiger charge is 2.32. The van der Waals surface area contributed by atoms with Crippen molar-refractivity contribution in [2.24, 2.45) is 5.73 Å². The van der Waals surface area contributed by atoms with Crippen molar-refractivity contribution in [3.05, 3.63) is 11.9 Å². The van der Waals surface area contributed by atoms with Crippen molar-refractivity contribution in [2.75, 3.05) is 26.2 Å². The van der Waals surface area contributed by atoms with Gasteiger partial charge in [0.25, 0.3) is 0 Å². The van der Waals surface area contributed by atoms with E-state index in [2.05, 4.69) is 15.2 Å². The lowest BCUT2D eigenvalue weighted by Gasteiger charge is -2.37. The summed E-state index contributed by atoms with van der Waals surface area (Å²) in [6.45, 7) is 4.50. The fourth-order valence-corrected chi connectivity index (χ4v) is 2.97. The molecule has 0 spiro atoms. The molecule has 2 N–H and O–H groups in total. The molecule has 3 heterocycles. The molecular weight excluding hydrogens is 244 g/mol. The molecule has 0 bridgehead atoms. The molecule has 1 atom stereocenters. The van der Waals surface area contributed by atoms with Gasteiger partial charge in [0, 0.05) is 32.2 Å². The normalized spacial score (nSPS) is 23.6. The van der Waals surface area contributed by atoms with Crippen LogP contribution in [0.1, 0.15) is 18.5 Å². The van der Waals surface area contributed by atoms with Crippen LogP contribution in [0.25, 0.3) is 0 Å². The summed E-state index contributed by atoms with van der Waals surface area (Å²) < 4.78 is 1.57. The van der Waals surface area contributed by atoms with Gasteiger partial charge in [-0.05, 0) is 19.4 Å². The van der Waals surface area contributed by atoms with Gasteiger partial charge in [-0.3, -0.25) is 9.69 Å². The minimum atomic E-state index is 0.125. The summed E-state index contributed by atoms with van der Waals surface area (Å²) >= 11 is 0. The van der Waals surface area contributed by atoms with Crippen LogP contribution in [0.5, 0.6) is 0 Å².